The van der Waals surface area contributed by atoms with Gasteiger partial charge in [0.1, 0.15) is 0 Å². The number of hydrazine groups is 2. The maximum Gasteiger partial charge on any atom is 0.294 e. The van der Waals surface area contributed by atoms with Gasteiger partial charge in [0.2, 0.25) is 11.8 Å². The summed E-state index contributed by atoms with van der Waals surface area (Å²) < 4.78 is 29.6. The maximum atomic E-state index is 13.5. The molecule has 2 aromatic rings. The number of hydroxylamine groups is 1. The Morgan fingerprint density at radius 1 is 0.955 bits per heavy atom. The van der Waals surface area contributed by atoms with Gasteiger partial charge in [-0.05, 0) is 49.3 Å². The predicted molar refractivity (Wildman–Crippen MR) is 176 cm³/mol. The van der Waals surface area contributed by atoms with Crippen LogP contribution in [0.2, 0.25) is 0 Å². The fourth-order valence-electron chi connectivity index (χ4n) is 4.71. The molecule has 244 valence electrons. The average Bonchev–Trinajstić information content (AvgIpc) is 2.98. The zero-order chi connectivity index (χ0) is 32.7. The average molecular weight is 649 g/mol. The van der Waals surface area contributed by atoms with Crippen molar-refractivity contribution in [2.24, 2.45) is 23.7 Å². The molecule has 1 saturated heterocycles. The molecule has 1 heterocycles. The molecule has 12 heteroatoms. The summed E-state index contributed by atoms with van der Waals surface area (Å²) in [7, 11) is -4.02. The molecule has 2 aromatic carbocycles. The van der Waals surface area contributed by atoms with Gasteiger partial charge in [0, 0.05) is 31.1 Å². The van der Waals surface area contributed by atoms with Crippen molar-refractivity contribution in [2.75, 3.05) is 31.1 Å². The number of hydrogen-bond donors (Lipinski definition) is 4. The number of nitrogens with one attached hydrogen (secondary N) is 2. The number of carbonyl (C=O) groups is 2. The highest BCUT2D eigenvalue weighted by Crippen LogP contribution is 2.26. The van der Waals surface area contributed by atoms with Crippen molar-refractivity contribution in [1.29, 1.82) is 0 Å². The van der Waals surface area contributed by atoms with E-state index in [0.717, 1.165) is 35.7 Å². The van der Waals surface area contributed by atoms with Crippen molar-refractivity contribution in [3.8, 4) is 0 Å². The Morgan fingerprint density at radius 2 is 1.57 bits per heavy atom. The third-order valence-electron chi connectivity index (χ3n) is 6.92. The molecule has 1 aliphatic rings. The zero-order valence-corrected chi connectivity index (χ0v) is 28.0. The number of thioether (sulfide) groups is 1. The molecule has 0 aliphatic carbocycles. The van der Waals surface area contributed by atoms with E-state index in [4.69, 9.17) is 4.55 Å². The van der Waals surface area contributed by atoms with E-state index in [1.54, 1.807) is 17.6 Å². The van der Waals surface area contributed by atoms with Crippen molar-refractivity contribution in [3.05, 3.63) is 71.8 Å². The molecular weight excluding hydrogens is 601 g/mol. The highest BCUT2D eigenvalue weighted by Gasteiger charge is 2.35. The first-order valence-corrected chi connectivity index (χ1v) is 17.5. The van der Waals surface area contributed by atoms with Gasteiger partial charge in [-0.25, -0.2) is 10.5 Å². The van der Waals surface area contributed by atoms with E-state index < -0.39 is 27.9 Å². The second-order valence-electron chi connectivity index (χ2n) is 11.7. The van der Waals surface area contributed by atoms with Crippen LogP contribution in [0, 0.1) is 30.6 Å². The Morgan fingerprint density at radius 3 is 2.09 bits per heavy atom. The van der Waals surface area contributed by atoms with E-state index in [9.17, 15) is 23.2 Å². The van der Waals surface area contributed by atoms with E-state index in [0.29, 0.717) is 25.3 Å². The van der Waals surface area contributed by atoms with Gasteiger partial charge in [0.15, 0.2) is 0 Å². The number of nitrogens with zero attached hydrogens (tertiary/aromatic N) is 2. The number of carbonyl (C=O) groups excluding carboxylic acids is 2. The lowest BCUT2D eigenvalue weighted by Gasteiger charge is -2.39. The first kappa shape index (κ1) is 37.4. The molecular formula is C32H48N4O6S2. The Bertz CT molecular complexity index is 1280. The number of amides is 2. The van der Waals surface area contributed by atoms with Crippen LogP contribution in [0.25, 0.3) is 6.08 Å². The van der Waals surface area contributed by atoms with Crippen molar-refractivity contribution >= 4 is 39.8 Å². The predicted octanol–water partition coefficient (Wildman–Crippen LogP) is 5.07. The van der Waals surface area contributed by atoms with Gasteiger partial charge < -0.3 is 0 Å². The van der Waals surface area contributed by atoms with E-state index in [2.05, 4.69) is 24.3 Å². The summed E-state index contributed by atoms with van der Waals surface area (Å²) >= 11 is 1.92. The van der Waals surface area contributed by atoms with Crippen LogP contribution in [-0.2, 0) is 19.7 Å². The minimum absolute atomic E-state index is 0.0666. The van der Waals surface area contributed by atoms with Gasteiger partial charge in [0.05, 0.1) is 16.7 Å². The Labute approximate surface area is 266 Å². The van der Waals surface area contributed by atoms with E-state index in [-0.39, 0.29) is 16.7 Å². The molecule has 0 saturated carbocycles. The maximum absolute atomic E-state index is 13.5. The quantitative estimate of drug-likeness (QED) is 0.133. The first-order valence-electron chi connectivity index (χ1n) is 14.9. The van der Waals surface area contributed by atoms with Crippen LogP contribution in [0.4, 0.5) is 0 Å². The van der Waals surface area contributed by atoms with Crippen molar-refractivity contribution < 1.29 is 27.8 Å². The summed E-state index contributed by atoms with van der Waals surface area (Å²) in [6.45, 7) is 12.6. The van der Waals surface area contributed by atoms with Crippen molar-refractivity contribution in [3.63, 3.8) is 0 Å². The SMILES string of the molecule is CC(C)C[C@@H](C(=O)NN(CC(C)C)N1CCSCC1)[C@H](C/C=C/c1ccccc1)C(=O)NO.Cc1ccc(S(=O)(=O)O)cc1. The monoisotopic (exact) mass is 648 g/mol. The highest BCUT2D eigenvalue weighted by molar-refractivity contribution is 7.99. The molecule has 0 aromatic heterocycles. The molecule has 1 fully saturated rings. The lowest BCUT2D eigenvalue weighted by molar-refractivity contribution is -0.150. The molecule has 0 bridgehead atoms. The molecule has 10 nitrogen and oxygen atoms in total. The molecule has 3 rings (SSSR count). The van der Waals surface area contributed by atoms with Crippen LogP contribution in [-0.4, -0.2) is 71.3 Å². The first-order chi connectivity index (χ1) is 20.8. The van der Waals surface area contributed by atoms with Gasteiger partial charge in [-0.2, -0.15) is 25.3 Å². The second-order valence-corrected chi connectivity index (χ2v) is 14.3. The number of benzene rings is 2. The molecule has 2 atom stereocenters. The number of hydrogen-bond acceptors (Lipinski definition) is 8. The summed E-state index contributed by atoms with van der Waals surface area (Å²) in [6.07, 6.45) is 4.76. The van der Waals surface area contributed by atoms with E-state index >= 15 is 0 Å². The highest BCUT2D eigenvalue weighted by atomic mass is 32.2. The molecule has 1 aliphatic heterocycles. The largest absolute Gasteiger partial charge is 0.294 e. The minimum Gasteiger partial charge on any atom is -0.289 e. The Hall–Kier alpha value is -2.74. The van der Waals surface area contributed by atoms with Gasteiger partial charge >= 0.3 is 0 Å². The molecule has 4 N–H and O–H groups in total. The lowest BCUT2D eigenvalue weighted by Crippen LogP contribution is -2.58. The molecule has 0 radical (unpaired) electrons. The number of rotatable bonds is 13. The van der Waals surface area contributed by atoms with Gasteiger partial charge in [-0.15, -0.1) is 0 Å². The number of aryl methyl sites for hydroxylation is 1. The molecule has 0 unspecified atom stereocenters. The zero-order valence-electron chi connectivity index (χ0n) is 26.3. The lowest BCUT2D eigenvalue weighted by atomic mass is 9.82. The Kier molecular flexibility index (Phi) is 16.1. The fourth-order valence-corrected chi connectivity index (χ4v) is 6.07. The molecule has 0 spiro atoms. The fraction of sp³-hybridized carbons (Fsp3) is 0.500. The summed E-state index contributed by atoms with van der Waals surface area (Å²) in [5, 5.41) is 13.5. The third kappa shape index (κ3) is 13.5. The number of allylic oxidation sites excluding steroid dienone is 1. The van der Waals surface area contributed by atoms with Crippen LogP contribution < -0.4 is 10.9 Å². The summed E-state index contributed by atoms with van der Waals surface area (Å²) in [4.78, 5) is 26.1. The third-order valence-corrected chi connectivity index (χ3v) is 8.73. The molecule has 2 amide bonds. The molecule has 44 heavy (non-hydrogen) atoms. The van der Waals surface area contributed by atoms with Gasteiger partial charge in [-0.1, -0.05) is 87.9 Å². The second kappa shape index (κ2) is 18.9. The van der Waals surface area contributed by atoms with Crippen LogP contribution in [0.1, 0.15) is 51.7 Å². The Balaban J connectivity index is 0.000000514. The summed E-state index contributed by atoms with van der Waals surface area (Å²) in [6, 6.07) is 15.8. The minimum atomic E-state index is -4.02. The van der Waals surface area contributed by atoms with Gasteiger partial charge in [0.25, 0.3) is 10.1 Å². The smallest absolute Gasteiger partial charge is 0.289 e. The summed E-state index contributed by atoms with van der Waals surface area (Å²) in [5.41, 5.74) is 6.89. The summed E-state index contributed by atoms with van der Waals surface area (Å²) in [5.74, 6) is 0.704. The van der Waals surface area contributed by atoms with Gasteiger partial charge in [-0.3, -0.25) is 24.8 Å². The van der Waals surface area contributed by atoms with Crippen LogP contribution in [0.3, 0.4) is 0 Å². The van der Waals surface area contributed by atoms with Crippen LogP contribution >= 0.6 is 11.8 Å². The van der Waals surface area contributed by atoms with E-state index in [1.807, 2.05) is 80.1 Å². The normalized spacial score (nSPS) is 15.6. The van der Waals surface area contributed by atoms with E-state index in [1.165, 1.54) is 12.1 Å². The van der Waals surface area contributed by atoms with Crippen LogP contribution in [0.15, 0.2) is 65.6 Å². The standard InChI is InChI=1S/C25H40N4O3S.C7H8O3S/c1-19(2)17-23(22(25(31)27-32)12-8-11-21-9-6-5-7-10-21)24(30)26-29(18-20(3)4)28-13-15-33-16-14-28;1-6-2-4-7(5-3-6)11(8,9)10/h5-11,19-20,22-23,32H,12-18H2,1-4H3,(H,26,30)(H,27,31);2-5H,1H3,(H,8,9,10)/b11-8+;/t22-,23+;/m0./s1. The van der Waals surface area contributed by atoms with Crippen LogP contribution in [0.5, 0.6) is 0 Å². The topological polar surface area (TPSA) is 139 Å². The van der Waals surface area contributed by atoms with Crippen molar-refractivity contribution in [2.45, 2.75) is 52.4 Å². The van der Waals surface area contributed by atoms with Crippen molar-refractivity contribution in [1.82, 2.24) is 21.0 Å².